The number of H-pyrrole nitrogens is 1. The van der Waals surface area contributed by atoms with Crippen molar-refractivity contribution >= 4 is 11.2 Å². The molecule has 4 rings (SSSR count). The van der Waals surface area contributed by atoms with E-state index in [2.05, 4.69) is 14.7 Å². The SMILES string of the molecule is Cn1c(=O)n(C2CC(O)C2)c(=O)c2[nH]c(Oc3cccc(OC(F)(F)F)c3)nc21. The molecule has 3 aromatic rings. The van der Waals surface area contributed by atoms with Crippen LogP contribution < -0.4 is 20.7 Å². The molecular formula is C17H15F3N4O5. The van der Waals surface area contributed by atoms with Crippen LogP contribution in [0.25, 0.3) is 11.2 Å². The maximum absolute atomic E-state index is 12.7. The maximum atomic E-state index is 12.7. The standard InChI is InChI=1S/C17H15F3N4O5/c1-23-13-12(14(26)24(16(23)27)8-5-9(25)6-8)21-15(22-13)28-10-3-2-4-11(7-10)29-17(18,19)20/h2-4,7-9,25H,5-6H2,1H3,(H,21,22). The fourth-order valence-electron chi connectivity index (χ4n) is 3.18. The molecule has 0 unspecified atom stereocenters. The lowest BCUT2D eigenvalue weighted by atomic mass is 9.89. The molecule has 1 aliphatic carbocycles. The minimum Gasteiger partial charge on any atom is -0.425 e. The van der Waals surface area contributed by atoms with Crippen LogP contribution in [-0.2, 0) is 7.05 Å². The Labute approximate surface area is 159 Å². The number of nitrogens with zero attached hydrogens (tertiary/aromatic N) is 3. The molecule has 29 heavy (non-hydrogen) atoms. The van der Waals surface area contributed by atoms with Crippen molar-refractivity contribution in [3.05, 3.63) is 45.1 Å². The molecule has 2 heterocycles. The third-order valence-electron chi connectivity index (χ3n) is 4.61. The van der Waals surface area contributed by atoms with Crippen molar-refractivity contribution in [2.24, 2.45) is 7.05 Å². The maximum Gasteiger partial charge on any atom is 0.573 e. The monoisotopic (exact) mass is 412 g/mol. The second-order valence-electron chi connectivity index (χ2n) is 6.66. The molecule has 9 nitrogen and oxygen atoms in total. The number of rotatable bonds is 4. The normalized spacial score (nSPS) is 19.2. The van der Waals surface area contributed by atoms with Crippen molar-refractivity contribution in [2.45, 2.75) is 31.3 Å². The number of aliphatic hydroxyl groups is 1. The number of hydrogen-bond acceptors (Lipinski definition) is 6. The fraction of sp³-hybridized carbons (Fsp3) is 0.353. The number of alkyl halides is 3. The number of ether oxygens (including phenoxy) is 2. The number of nitrogens with one attached hydrogen (secondary N) is 1. The van der Waals surface area contributed by atoms with Gasteiger partial charge in [0.15, 0.2) is 11.2 Å². The molecular weight excluding hydrogens is 397 g/mol. The number of imidazole rings is 1. The summed E-state index contributed by atoms with van der Waals surface area (Å²) in [6.07, 6.45) is -4.82. The number of aryl methyl sites for hydroxylation is 1. The first-order valence-electron chi connectivity index (χ1n) is 8.55. The summed E-state index contributed by atoms with van der Waals surface area (Å²) in [5.41, 5.74) is -1.16. The van der Waals surface area contributed by atoms with Crippen LogP contribution in [0.1, 0.15) is 18.9 Å². The fourth-order valence-corrected chi connectivity index (χ4v) is 3.18. The zero-order valence-corrected chi connectivity index (χ0v) is 14.9. The van der Waals surface area contributed by atoms with Gasteiger partial charge in [-0.3, -0.25) is 13.9 Å². The first kappa shape index (κ1) is 19.1. The van der Waals surface area contributed by atoms with E-state index >= 15 is 0 Å². The number of benzene rings is 1. The number of aliphatic hydroxyl groups excluding tert-OH is 1. The van der Waals surface area contributed by atoms with E-state index in [1.165, 1.54) is 19.2 Å². The Bertz CT molecular complexity index is 1190. The molecule has 0 aliphatic heterocycles. The topological polar surface area (TPSA) is 111 Å². The molecule has 12 heteroatoms. The van der Waals surface area contributed by atoms with Crippen molar-refractivity contribution in [3.8, 4) is 17.5 Å². The molecule has 154 valence electrons. The summed E-state index contributed by atoms with van der Waals surface area (Å²) in [5, 5.41) is 9.46. The highest BCUT2D eigenvalue weighted by atomic mass is 19.4. The van der Waals surface area contributed by atoms with Gasteiger partial charge in [-0.1, -0.05) is 6.07 Å². The zero-order valence-electron chi connectivity index (χ0n) is 14.9. The second-order valence-corrected chi connectivity index (χ2v) is 6.66. The lowest BCUT2D eigenvalue weighted by molar-refractivity contribution is -0.274. The summed E-state index contributed by atoms with van der Waals surface area (Å²) >= 11 is 0. The molecule has 1 aromatic carbocycles. The van der Waals surface area contributed by atoms with Gasteiger partial charge in [-0.15, -0.1) is 13.2 Å². The second kappa shape index (κ2) is 6.65. The highest BCUT2D eigenvalue weighted by molar-refractivity contribution is 5.70. The van der Waals surface area contributed by atoms with Crippen LogP contribution in [0.5, 0.6) is 17.5 Å². The molecule has 2 aromatic heterocycles. The predicted octanol–water partition coefficient (Wildman–Crippen LogP) is 1.81. The number of hydrogen-bond donors (Lipinski definition) is 2. The van der Waals surface area contributed by atoms with E-state index < -0.39 is 35.5 Å². The summed E-state index contributed by atoms with van der Waals surface area (Å²) < 4.78 is 48.5. The molecule has 1 saturated carbocycles. The van der Waals surface area contributed by atoms with Gasteiger partial charge < -0.3 is 19.6 Å². The van der Waals surface area contributed by atoms with E-state index in [1.807, 2.05) is 0 Å². The zero-order chi connectivity index (χ0) is 20.9. The van der Waals surface area contributed by atoms with E-state index in [-0.39, 0.29) is 22.9 Å². The van der Waals surface area contributed by atoms with Gasteiger partial charge in [-0.05, 0) is 25.0 Å². The molecule has 2 N–H and O–H groups in total. The van der Waals surface area contributed by atoms with Gasteiger partial charge in [-0.25, -0.2) is 4.79 Å². The Morgan fingerprint density at radius 1 is 1.24 bits per heavy atom. The molecule has 1 aliphatic rings. The summed E-state index contributed by atoms with van der Waals surface area (Å²) in [5.74, 6) is -0.498. The third kappa shape index (κ3) is 3.58. The van der Waals surface area contributed by atoms with Crippen molar-refractivity contribution < 1.29 is 27.8 Å². The molecule has 0 atom stereocenters. The Kier molecular flexibility index (Phi) is 4.37. The van der Waals surface area contributed by atoms with Crippen LogP contribution >= 0.6 is 0 Å². The van der Waals surface area contributed by atoms with Gasteiger partial charge in [-0.2, -0.15) is 4.98 Å². The molecule has 0 amide bonds. The van der Waals surface area contributed by atoms with Crippen molar-refractivity contribution in [3.63, 3.8) is 0 Å². The van der Waals surface area contributed by atoms with E-state index in [4.69, 9.17) is 4.74 Å². The van der Waals surface area contributed by atoms with E-state index in [0.717, 1.165) is 21.3 Å². The van der Waals surface area contributed by atoms with Crippen LogP contribution in [0.4, 0.5) is 13.2 Å². The minimum absolute atomic E-state index is 0.00573. The number of aromatic nitrogens is 4. The van der Waals surface area contributed by atoms with Crippen LogP contribution in [0.3, 0.4) is 0 Å². The Balaban J connectivity index is 1.69. The lowest BCUT2D eigenvalue weighted by Gasteiger charge is -2.32. The van der Waals surface area contributed by atoms with Crippen LogP contribution in [0.15, 0.2) is 33.9 Å². The van der Waals surface area contributed by atoms with Gasteiger partial charge in [0.2, 0.25) is 0 Å². The Hall–Kier alpha value is -3.28. The number of aromatic amines is 1. The Morgan fingerprint density at radius 3 is 2.59 bits per heavy atom. The van der Waals surface area contributed by atoms with Crippen LogP contribution in [-0.4, -0.2) is 36.7 Å². The minimum atomic E-state index is -4.85. The highest BCUT2D eigenvalue weighted by Gasteiger charge is 2.33. The molecule has 0 radical (unpaired) electrons. The number of fused-ring (bicyclic) bond motifs is 1. The smallest absolute Gasteiger partial charge is 0.425 e. The van der Waals surface area contributed by atoms with Crippen molar-refractivity contribution in [1.82, 2.24) is 19.1 Å². The van der Waals surface area contributed by atoms with E-state index in [1.54, 1.807) is 0 Å². The average molecular weight is 412 g/mol. The summed E-state index contributed by atoms with van der Waals surface area (Å²) in [6.45, 7) is 0. The molecule has 0 bridgehead atoms. The third-order valence-corrected chi connectivity index (χ3v) is 4.61. The summed E-state index contributed by atoms with van der Waals surface area (Å²) in [7, 11) is 1.43. The van der Waals surface area contributed by atoms with Gasteiger partial charge in [0.05, 0.1) is 6.10 Å². The van der Waals surface area contributed by atoms with E-state index in [0.29, 0.717) is 12.8 Å². The molecule has 0 saturated heterocycles. The number of halogens is 3. The summed E-state index contributed by atoms with van der Waals surface area (Å²) in [4.78, 5) is 31.9. The van der Waals surface area contributed by atoms with Gasteiger partial charge in [0.25, 0.3) is 5.56 Å². The van der Waals surface area contributed by atoms with E-state index in [9.17, 15) is 27.9 Å². The lowest BCUT2D eigenvalue weighted by Crippen LogP contribution is -2.46. The molecule has 0 spiro atoms. The highest BCUT2D eigenvalue weighted by Crippen LogP contribution is 2.31. The Morgan fingerprint density at radius 2 is 1.93 bits per heavy atom. The first-order valence-corrected chi connectivity index (χ1v) is 8.55. The van der Waals surface area contributed by atoms with Crippen molar-refractivity contribution in [1.29, 1.82) is 0 Å². The summed E-state index contributed by atoms with van der Waals surface area (Å²) in [6, 6.07) is 4.20. The largest absolute Gasteiger partial charge is 0.573 e. The quantitative estimate of drug-likeness (QED) is 0.676. The first-order chi connectivity index (χ1) is 13.6. The van der Waals surface area contributed by atoms with Gasteiger partial charge >= 0.3 is 18.1 Å². The molecule has 1 fully saturated rings. The van der Waals surface area contributed by atoms with Crippen molar-refractivity contribution in [2.75, 3.05) is 0 Å². The average Bonchev–Trinajstić information content (AvgIpc) is 3.01. The van der Waals surface area contributed by atoms with Gasteiger partial charge in [0, 0.05) is 19.2 Å². The van der Waals surface area contributed by atoms with Gasteiger partial charge in [0.1, 0.15) is 11.5 Å². The van der Waals surface area contributed by atoms with Crippen LogP contribution in [0.2, 0.25) is 0 Å². The van der Waals surface area contributed by atoms with Crippen LogP contribution in [0, 0.1) is 0 Å². The predicted molar refractivity (Wildman–Crippen MR) is 93.1 cm³/mol.